The molecule has 3 aliphatic heterocycles. The number of halogens is 1. The molecule has 4 heterocycles. The van der Waals surface area contributed by atoms with Gasteiger partial charge in [0.2, 0.25) is 16.6 Å². The fraction of sp³-hybridized carbons (Fsp3) is 0.564. The van der Waals surface area contributed by atoms with E-state index in [1.165, 1.54) is 7.11 Å². The van der Waals surface area contributed by atoms with Crippen LogP contribution in [0.4, 0.5) is 0 Å². The Morgan fingerprint density at radius 1 is 0.769 bits per heavy atom. The summed E-state index contributed by atoms with van der Waals surface area (Å²) in [6.45, 7) is 14.1. The molecule has 52 heavy (non-hydrogen) atoms. The Morgan fingerprint density at radius 3 is 1.81 bits per heavy atom. The van der Waals surface area contributed by atoms with Crippen LogP contribution < -0.4 is 14.9 Å². The average Bonchev–Trinajstić information content (AvgIpc) is 3.55. The van der Waals surface area contributed by atoms with Crippen molar-refractivity contribution in [3.8, 4) is 11.5 Å². The van der Waals surface area contributed by atoms with Gasteiger partial charge in [-0.05, 0) is 81.4 Å². The third-order valence-electron chi connectivity index (χ3n) is 14.0. The van der Waals surface area contributed by atoms with Crippen molar-refractivity contribution in [2.75, 3.05) is 7.11 Å². The quantitative estimate of drug-likeness (QED) is 0.155. The van der Waals surface area contributed by atoms with Crippen LogP contribution in [0.25, 0.3) is 21.9 Å². The lowest BCUT2D eigenvalue weighted by Gasteiger charge is -2.46. The van der Waals surface area contributed by atoms with Crippen LogP contribution >= 0.6 is 15.9 Å². The molecule has 0 spiro atoms. The summed E-state index contributed by atoms with van der Waals surface area (Å²) in [5.41, 5.74) is -8.54. The van der Waals surface area contributed by atoms with E-state index in [0.717, 1.165) is 0 Å². The zero-order chi connectivity index (χ0) is 37.8. The third-order valence-corrected chi connectivity index (χ3v) is 14.7. The number of esters is 4. The number of carbonyl (C=O) groups is 4. The van der Waals surface area contributed by atoms with E-state index < -0.39 is 80.0 Å². The van der Waals surface area contributed by atoms with Crippen LogP contribution in [0.5, 0.6) is 11.5 Å². The maximum Gasteiger partial charge on any atom is 0.351 e. The number of fused-ring (bicyclic) bond motifs is 8. The number of methoxy groups -OCH3 is 1. The van der Waals surface area contributed by atoms with Crippen LogP contribution in [0.15, 0.2) is 37.9 Å². The number of hydrogen-bond donors (Lipinski definition) is 0. The molecular formula is C39H41BrO12. The van der Waals surface area contributed by atoms with Gasteiger partial charge < -0.3 is 32.8 Å². The molecule has 2 aromatic carbocycles. The van der Waals surface area contributed by atoms with Crippen LogP contribution in [0.2, 0.25) is 0 Å². The van der Waals surface area contributed by atoms with Crippen molar-refractivity contribution in [2.24, 2.45) is 21.7 Å². The fourth-order valence-electron chi connectivity index (χ4n) is 9.51. The molecule has 1 aromatic heterocycles. The highest BCUT2D eigenvalue weighted by Crippen LogP contribution is 2.68. The van der Waals surface area contributed by atoms with Gasteiger partial charge in [0, 0.05) is 10.8 Å². The highest BCUT2D eigenvalue weighted by molar-refractivity contribution is 9.10. The third kappa shape index (κ3) is 3.80. The Balaban J connectivity index is 1.35. The molecule has 3 aromatic rings. The molecule has 0 amide bonds. The second-order valence-electron chi connectivity index (χ2n) is 16.9. The molecular weight excluding hydrogens is 740 g/mol. The minimum atomic E-state index is -1.65. The second kappa shape index (κ2) is 10.3. The Morgan fingerprint density at radius 2 is 1.31 bits per heavy atom. The summed E-state index contributed by atoms with van der Waals surface area (Å²) in [4.78, 5) is 69.9. The van der Waals surface area contributed by atoms with Crippen molar-refractivity contribution < 1.29 is 52.0 Å². The Hall–Kier alpha value is -4.13. The van der Waals surface area contributed by atoms with E-state index in [2.05, 4.69) is 15.9 Å². The highest BCUT2D eigenvalue weighted by atomic mass is 79.9. The Labute approximate surface area is 307 Å². The van der Waals surface area contributed by atoms with Crippen LogP contribution in [-0.2, 0) is 38.1 Å². The Kier molecular flexibility index (Phi) is 6.92. The average molecular weight is 782 g/mol. The smallest absolute Gasteiger partial charge is 0.351 e. The molecule has 276 valence electrons. The molecule has 0 radical (unpaired) electrons. The zero-order valence-corrected chi connectivity index (χ0v) is 32.2. The summed E-state index contributed by atoms with van der Waals surface area (Å²) in [5, 5.41) is 0.322. The highest BCUT2D eigenvalue weighted by Gasteiger charge is 2.78. The fourth-order valence-corrected chi connectivity index (χ4v) is 10.2. The first-order chi connectivity index (χ1) is 24.2. The molecule has 6 atom stereocenters. The number of rotatable bonds is 5. The first-order valence-corrected chi connectivity index (χ1v) is 18.3. The summed E-state index contributed by atoms with van der Waals surface area (Å²) in [6, 6.07) is 6.68. The van der Waals surface area contributed by atoms with Crippen molar-refractivity contribution in [3.05, 3.63) is 44.5 Å². The van der Waals surface area contributed by atoms with Crippen molar-refractivity contribution in [1.82, 2.24) is 0 Å². The van der Waals surface area contributed by atoms with E-state index in [9.17, 15) is 24.0 Å². The predicted molar refractivity (Wildman–Crippen MR) is 188 cm³/mol. The summed E-state index contributed by atoms with van der Waals surface area (Å²) in [5.74, 6) is -2.39. The first kappa shape index (κ1) is 34.9. The van der Waals surface area contributed by atoms with Gasteiger partial charge in [-0.25, -0.2) is 9.59 Å². The molecule has 2 saturated heterocycles. The summed E-state index contributed by atoms with van der Waals surface area (Å²) >= 11 is 3.59. The largest absolute Gasteiger partial charge is 0.494 e. The Bertz CT molecular complexity index is 2240. The lowest BCUT2D eigenvalue weighted by Crippen LogP contribution is -2.58. The van der Waals surface area contributed by atoms with Crippen LogP contribution in [0, 0.1) is 21.7 Å². The first-order valence-electron chi connectivity index (χ1n) is 17.5. The van der Waals surface area contributed by atoms with E-state index in [4.69, 9.17) is 32.8 Å². The van der Waals surface area contributed by atoms with E-state index in [1.807, 2.05) is 13.8 Å². The van der Waals surface area contributed by atoms with Crippen molar-refractivity contribution >= 4 is 61.7 Å². The number of ether oxygens (including phenoxy) is 6. The van der Waals surface area contributed by atoms with Gasteiger partial charge in [-0.15, -0.1) is 0 Å². The van der Waals surface area contributed by atoms with Crippen LogP contribution in [-0.4, -0.2) is 53.9 Å². The van der Waals surface area contributed by atoms with E-state index in [1.54, 1.807) is 65.8 Å². The molecule has 4 bridgehead atoms. The molecule has 12 nitrogen and oxygen atoms in total. The van der Waals surface area contributed by atoms with Gasteiger partial charge in [0.1, 0.15) is 26.8 Å². The molecule has 4 unspecified atom stereocenters. The number of hydrogen-bond acceptors (Lipinski definition) is 12. The molecule has 13 heteroatoms. The monoisotopic (exact) mass is 780 g/mol. The van der Waals surface area contributed by atoms with E-state index in [0.29, 0.717) is 12.8 Å². The van der Waals surface area contributed by atoms with Gasteiger partial charge in [-0.3, -0.25) is 14.4 Å². The van der Waals surface area contributed by atoms with Gasteiger partial charge in [-0.1, -0.05) is 39.8 Å². The van der Waals surface area contributed by atoms with Gasteiger partial charge >= 0.3 is 23.9 Å². The maximum atomic E-state index is 14.8. The second-order valence-corrected chi connectivity index (χ2v) is 17.7. The zero-order valence-electron chi connectivity index (χ0n) is 30.6. The van der Waals surface area contributed by atoms with Crippen LogP contribution in [0.3, 0.4) is 0 Å². The topological polar surface area (TPSA) is 154 Å². The van der Waals surface area contributed by atoms with Gasteiger partial charge in [0.25, 0.3) is 0 Å². The lowest BCUT2D eigenvalue weighted by atomic mass is 9.66. The van der Waals surface area contributed by atoms with Gasteiger partial charge in [-0.2, -0.15) is 0 Å². The molecule has 2 saturated carbocycles. The number of carbonyl (C=O) groups excluding carboxylic acids is 4. The molecule has 4 fully saturated rings. The number of benzene rings is 2. The van der Waals surface area contributed by atoms with Crippen molar-refractivity contribution in [2.45, 2.75) is 110 Å². The maximum absolute atomic E-state index is 14.8. The summed E-state index contributed by atoms with van der Waals surface area (Å²) < 4.78 is 43.8. The minimum absolute atomic E-state index is 0.0104. The van der Waals surface area contributed by atoms with Gasteiger partial charge in [0.15, 0.2) is 23.5 Å². The SMILES string of the molecule is COc1c(Br)c2c(c3oc4ccccc4c(=O)c13)[C@@H](OC(=O)C13CCC(C)(C(=O)O1)C3(C)C)[C@@H](OC(=O)C13CCC(C)(C(=O)O1)C3(C)C)C(C)(C)O2. The normalized spacial score (nSPS) is 34.4. The summed E-state index contributed by atoms with van der Waals surface area (Å²) in [6.07, 6.45) is -1.62. The molecule has 5 aliphatic rings. The van der Waals surface area contributed by atoms with E-state index >= 15 is 0 Å². The molecule has 0 N–H and O–H groups in total. The van der Waals surface area contributed by atoms with Crippen molar-refractivity contribution in [3.63, 3.8) is 0 Å². The predicted octanol–water partition coefficient (Wildman–Crippen LogP) is 6.63. The van der Waals surface area contributed by atoms with Crippen molar-refractivity contribution in [1.29, 1.82) is 0 Å². The minimum Gasteiger partial charge on any atom is -0.494 e. The van der Waals surface area contributed by atoms with Crippen LogP contribution in [0.1, 0.15) is 92.7 Å². The lowest BCUT2D eigenvalue weighted by molar-refractivity contribution is -0.217. The van der Waals surface area contributed by atoms with E-state index in [-0.39, 0.29) is 56.3 Å². The number of para-hydroxylation sites is 1. The standard InChI is InChI=1S/C39H41BrO12/c1-33(2)28(49-32(45)39-17-15-37(8,30(43)52-39)35(39,5)6)27(48-31(44)38-16-14-36(7,29(42)51-38)34(38,3)4)21-24-20(25(46-9)22(40)26(21)50-33)23(41)18-12-10-11-13-19(18)47-24/h10-13,27-28H,14-17H2,1-9H3/t27-,28-,36?,37?,38?,39?/m1/s1. The molecule has 2 aliphatic carbocycles. The van der Waals surface area contributed by atoms with Gasteiger partial charge in [0.05, 0.1) is 28.9 Å². The molecule has 8 rings (SSSR count). The summed E-state index contributed by atoms with van der Waals surface area (Å²) in [7, 11) is 1.41.